The smallest absolute Gasteiger partial charge is 0.416 e. The first-order valence-corrected chi connectivity index (χ1v) is 13.3. The van der Waals surface area contributed by atoms with Gasteiger partial charge in [-0.25, -0.2) is 4.98 Å². The van der Waals surface area contributed by atoms with Gasteiger partial charge in [0.25, 0.3) is 5.56 Å². The van der Waals surface area contributed by atoms with Crippen LogP contribution in [0.25, 0.3) is 28.2 Å². The zero-order chi connectivity index (χ0) is 29.0. The molecule has 0 aliphatic carbocycles. The number of benzene rings is 3. The number of fused-ring (bicyclic) bond motifs is 1. The van der Waals surface area contributed by atoms with Crippen LogP contribution in [0.4, 0.5) is 13.2 Å². The Morgan fingerprint density at radius 3 is 2.41 bits per heavy atom. The first-order chi connectivity index (χ1) is 19.7. The highest BCUT2D eigenvalue weighted by molar-refractivity contribution is 6.31. The van der Waals surface area contributed by atoms with Gasteiger partial charge >= 0.3 is 6.18 Å². The molecule has 41 heavy (non-hydrogen) atoms. The third kappa shape index (κ3) is 6.64. The number of alkyl halides is 3. The van der Waals surface area contributed by atoms with E-state index in [4.69, 9.17) is 26.8 Å². The van der Waals surface area contributed by atoms with E-state index in [1.165, 1.54) is 16.8 Å². The average Bonchev–Trinajstić information content (AvgIpc) is 3.52. The Bertz CT molecular complexity index is 1680. The van der Waals surface area contributed by atoms with Crippen LogP contribution in [0, 0.1) is 0 Å². The fourth-order valence-electron chi connectivity index (χ4n) is 4.42. The van der Waals surface area contributed by atoms with Gasteiger partial charge in [0.1, 0.15) is 12.4 Å². The number of aromatic amines is 2. The SMILES string of the molecule is NCCOCCOc1ccc(CCc2c(-c3ccc(C(F)(F)F)cc3)[nH]n(-c3nc4ccc(Cl)cc4[nH]3)c2=O)cc1. The molecule has 0 unspecified atom stereocenters. The van der Waals surface area contributed by atoms with E-state index in [1.807, 2.05) is 24.3 Å². The van der Waals surface area contributed by atoms with Crippen molar-refractivity contribution in [1.29, 1.82) is 0 Å². The molecule has 0 atom stereocenters. The first kappa shape index (κ1) is 28.5. The van der Waals surface area contributed by atoms with E-state index in [1.54, 1.807) is 18.2 Å². The van der Waals surface area contributed by atoms with Crippen LogP contribution in [0.3, 0.4) is 0 Å². The fraction of sp³-hybridized carbons (Fsp3) is 0.241. The Morgan fingerprint density at radius 2 is 1.71 bits per heavy atom. The lowest BCUT2D eigenvalue weighted by molar-refractivity contribution is -0.137. The maximum Gasteiger partial charge on any atom is 0.416 e. The molecule has 0 bridgehead atoms. The third-order valence-electron chi connectivity index (χ3n) is 6.48. The van der Waals surface area contributed by atoms with Crippen molar-refractivity contribution in [2.45, 2.75) is 19.0 Å². The standard InChI is InChI=1S/C29H27ClF3N5O3/c30-21-8-12-24-25(17-21)36-28(35-24)38-27(39)23(26(37-38)19-4-6-20(7-5-19)29(31,32)33)11-3-18-1-9-22(10-2-18)41-16-15-40-14-13-34/h1-2,4-10,12,17,37H,3,11,13-16,34H2,(H,35,36). The quantitative estimate of drug-likeness (QED) is 0.177. The molecule has 0 spiro atoms. The van der Waals surface area contributed by atoms with E-state index in [0.717, 1.165) is 17.7 Å². The van der Waals surface area contributed by atoms with Crippen molar-refractivity contribution in [1.82, 2.24) is 19.7 Å². The monoisotopic (exact) mass is 585 g/mol. The van der Waals surface area contributed by atoms with E-state index >= 15 is 0 Å². The second kappa shape index (κ2) is 12.2. The van der Waals surface area contributed by atoms with Crippen molar-refractivity contribution in [3.8, 4) is 23.0 Å². The van der Waals surface area contributed by atoms with Crippen LogP contribution in [0.15, 0.2) is 71.5 Å². The lowest BCUT2D eigenvalue weighted by Gasteiger charge is -2.09. The maximum absolute atomic E-state index is 13.6. The largest absolute Gasteiger partial charge is 0.491 e. The second-order valence-electron chi connectivity index (χ2n) is 9.30. The second-order valence-corrected chi connectivity index (χ2v) is 9.73. The number of rotatable bonds is 11. The van der Waals surface area contributed by atoms with Gasteiger partial charge < -0.3 is 20.2 Å². The number of ether oxygens (including phenoxy) is 2. The summed E-state index contributed by atoms with van der Waals surface area (Å²) in [6, 6.07) is 17.3. The number of nitrogens with two attached hydrogens (primary N) is 1. The summed E-state index contributed by atoms with van der Waals surface area (Å²) < 4.78 is 51.7. The molecule has 2 heterocycles. The van der Waals surface area contributed by atoms with Crippen LogP contribution in [-0.4, -0.2) is 46.1 Å². The van der Waals surface area contributed by atoms with Crippen molar-refractivity contribution >= 4 is 22.6 Å². The van der Waals surface area contributed by atoms with E-state index in [9.17, 15) is 18.0 Å². The molecule has 5 rings (SSSR count). The number of nitrogens with zero attached hydrogens (tertiary/aromatic N) is 2. The lowest BCUT2D eigenvalue weighted by Crippen LogP contribution is -2.18. The summed E-state index contributed by atoms with van der Waals surface area (Å²) in [5.41, 5.74) is 7.75. The Balaban J connectivity index is 1.42. The number of aromatic nitrogens is 4. The molecule has 8 nitrogen and oxygen atoms in total. The van der Waals surface area contributed by atoms with Crippen LogP contribution in [0.2, 0.25) is 5.02 Å². The van der Waals surface area contributed by atoms with E-state index in [0.29, 0.717) is 77.8 Å². The predicted octanol–water partition coefficient (Wildman–Crippen LogP) is 5.52. The van der Waals surface area contributed by atoms with Crippen LogP contribution in [0.1, 0.15) is 16.7 Å². The summed E-state index contributed by atoms with van der Waals surface area (Å²) in [6.07, 6.45) is -3.63. The molecule has 0 amide bonds. The van der Waals surface area contributed by atoms with Crippen LogP contribution >= 0.6 is 11.6 Å². The first-order valence-electron chi connectivity index (χ1n) is 12.9. The number of hydrogen-bond donors (Lipinski definition) is 3. The van der Waals surface area contributed by atoms with Gasteiger partial charge in [-0.05, 0) is 66.4 Å². The molecule has 0 saturated heterocycles. The van der Waals surface area contributed by atoms with Gasteiger partial charge in [0.15, 0.2) is 0 Å². The Kier molecular flexibility index (Phi) is 8.48. The summed E-state index contributed by atoms with van der Waals surface area (Å²) in [6.45, 7) is 1.76. The molecule has 2 aromatic heterocycles. The highest BCUT2D eigenvalue weighted by Crippen LogP contribution is 2.31. The minimum atomic E-state index is -4.47. The third-order valence-corrected chi connectivity index (χ3v) is 6.71. The zero-order valence-corrected chi connectivity index (χ0v) is 22.6. The van der Waals surface area contributed by atoms with Crippen molar-refractivity contribution in [3.63, 3.8) is 0 Å². The van der Waals surface area contributed by atoms with Crippen molar-refractivity contribution in [2.24, 2.45) is 5.73 Å². The topological polar surface area (TPSA) is 111 Å². The minimum absolute atomic E-state index is 0.239. The molecule has 0 fully saturated rings. The molecular formula is C29H27ClF3N5O3. The van der Waals surface area contributed by atoms with Gasteiger partial charge in [-0.3, -0.25) is 9.89 Å². The molecule has 0 radical (unpaired) electrons. The van der Waals surface area contributed by atoms with Crippen molar-refractivity contribution in [2.75, 3.05) is 26.4 Å². The molecular weight excluding hydrogens is 559 g/mol. The summed E-state index contributed by atoms with van der Waals surface area (Å²) in [4.78, 5) is 21.2. The van der Waals surface area contributed by atoms with Crippen molar-refractivity contribution < 1.29 is 22.6 Å². The van der Waals surface area contributed by atoms with E-state index in [-0.39, 0.29) is 11.5 Å². The van der Waals surface area contributed by atoms with Gasteiger partial charge in [-0.15, -0.1) is 0 Å². The Morgan fingerprint density at radius 1 is 0.951 bits per heavy atom. The summed E-state index contributed by atoms with van der Waals surface area (Å²) in [5.74, 6) is 0.924. The van der Waals surface area contributed by atoms with Gasteiger partial charge in [0.2, 0.25) is 5.95 Å². The average molecular weight is 586 g/mol. The molecule has 214 valence electrons. The zero-order valence-electron chi connectivity index (χ0n) is 21.8. The highest BCUT2D eigenvalue weighted by atomic mass is 35.5. The molecule has 0 saturated carbocycles. The minimum Gasteiger partial charge on any atom is -0.491 e. The molecule has 3 aromatic carbocycles. The molecule has 0 aliphatic heterocycles. The number of aryl methyl sites for hydroxylation is 1. The summed E-state index contributed by atoms with van der Waals surface area (Å²) in [7, 11) is 0. The molecule has 5 aromatic rings. The van der Waals surface area contributed by atoms with Crippen LogP contribution in [-0.2, 0) is 23.8 Å². The Labute approximate surface area is 237 Å². The Hall–Kier alpha value is -4.06. The lowest BCUT2D eigenvalue weighted by atomic mass is 10.0. The maximum atomic E-state index is 13.6. The molecule has 0 aliphatic rings. The number of H-pyrrole nitrogens is 2. The van der Waals surface area contributed by atoms with Crippen molar-refractivity contribution in [3.05, 3.63) is 98.8 Å². The van der Waals surface area contributed by atoms with Gasteiger partial charge in [0, 0.05) is 17.1 Å². The van der Waals surface area contributed by atoms with E-state index in [2.05, 4.69) is 15.1 Å². The number of nitrogens with one attached hydrogen (secondary N) is 2. The van der Waals surface area contributed by atoms with E-state index < -0.39 is 11.7 Å². The van der Waals surface area contributed by atoms with Crippen LogP contribution < -0.4 is 16.0 Å². The normalized spacial score (nSPS) is 11.8. The summed E-state index contributed by atoms with van der Waals surface area (Å²) >= 11 is 6.09. The number of hydrogen-bond acceptors (Lipinski definition) is 5. The van der Waals surface area contributed by atoms with Crippen LogP contribution in [0.5, 0.6) is 5.75 Å². The predicted molar refractivity (Wildman–Crippen MR) is 151 cm³/mol. The number of halogens is 4. The highest BCUT2D eigenvalue weighted by Gasteiger charge is 2.30. The van der Waals surface area contributed by atoms with Gasteiger partial charge in [-0.1, -0.05) is 35.9 Å². The fourth-order valence-corrected chi connectivity index (χ4v) is 4.59. The van der Waals surface area contributed by atoms with Gasteiger partial charge in [0.05, 0.1) is 35.5 Å². The number of imidazole rings is 1. The summed E-state index contributed by atoms with van der Waals surface area (Å²) in [5, 5.41) is 3.56. The molecule has 4 N–H and O–H groups in total. The van der Waals surface area contributed by atoms with Gasteiger partial charge in [-0.2, -0.15) is 17.9 Å². The molecule has 12 heteroatoms.